The van der Waals surface area contributed by atoms with Crippen LogP contribution in [0, 0.1) is 5.41 Å². The molecule has 1 spiro atoms. The number of hydrogen-bond donors (Lipinski definition) is 1. The molecule has 2 aromatic carbocycles. The van der Waals surface area contributed by atoms with Crippen LogP contribution in [0.3, 0.4) is 0 Å². The van der Waals surface area contributed by atoms with Crippen molar-refractivity contribution in [2.75, 3.05) is 18.0 Å². The third-order valence-electron chi connectivity index (χ3n) is 7.56. The quantitative estimate of drug-likeness (QED) is 0.314. The molecule has 188 valence electrons. The maximum Gasteiger partial charge on any atom is 0.227 e. The molecule has 6 rings (SSSR count). The third kappa shape index (κ3) is 4.33. The number of nitrogens with zero attached hydrogens (tertiary/aromatic N) is 4. The smallest absolute Gasteiger partial charge is 0.227 e. The predicted octanol–water partition coefficient (Wildman–Crippen LogP) is 5.98. The van der Waals surface area contributed by atoms with Crippen molar-refractivity contribution in [3.8, 4) is 11.5 Å². The van der Waals surface area contributed by atoms with Crippen LogP contribution in [0.25, 0.3) is 11.5 Å². The van der Waals surface area contributed by atoms with E-state index >= 15 is 0 Å². The van der Waals surface area contributed by atoms with Crippen molar-refractivity contribution in [3.05, 3.63) is 83.0 Å². The van der Waals surface area contributed by atoms with Crippen LogP contribution in [0.2, 0.25) is 5.02 Å². The maximum atomic E-state index is 12.6. The van der Waals surface area contributed by atoms with E-state index in [9.17, 15) is 4.79 Å². The molecule has 7 nitrogen and oxygen atoms in total. The number of carbonyl (C=O) groups excluding carboxylic acids is 1. The lowest BCUT2D eigenvalue weighted by molar-refractivity contribution is 0.101. The molecule has 9 heteroatoms. The Labute approximate surface area is 224 Å². The SMILES string of the molecule is CC(=O)c1nc(Sc2cccc(-c3ncco3)c2Cl)cnc1N1CCC2(CC1)Cc1ccccc1[C@H]2N. The summed E-state index contributed by atoms with van der Waals surface area (Å²) in [5, 5.41) is 1.11. The van der Waals surface area contributed by atoms with E-state index < -0.39 is 0 Å². The van der Waals surface area contributed by atoms with Gasteiger partial charge in [-0.05, 0) is 47.9 Å². The first-order valence-electron chi connectivity index (χ1n) is 12.3. The molecule has 0 bridgehead atoms. The Hall–Kier alpha value is -3.20. The summed E-state index contributed by atoms with van der Waals surface area (Å²) in [7, 11) is 0. The number of benzene rings is 2. The van der Waals surface area contributed by atoms with Gasteiger partial charge in [0.25, 0.3) is 0 Å². The second-order valence-electron chi connectivity index (χ2n) is 9.70. The zero-order valence-electron chi connectivity index (χ0n) is 20.4. The number of Topliss-reactive ketones (excluding diaryl/α,β-unsaturated/α-hetero) is 1. The summed E-state index contributed by atoms with van der Waals surface area (Å²) in [5.74, 6) is 0.969. The first-order valence-corrected chi connectivity index (χ1v) is 13.5. The average Bonchev–Trinajstić information content (AvgIpc) is 3.53. The van der Waals surface area contributed by atoms with Crippen molar-refractivity contribution in [2.45, 2.75) is 42.1 Å². The summed E-state index contributed by atoms with van der Waals surface area (Å²) in [5.41, 5.74) is 10.5. The summed E-state index contributed by atoms with van der Waals surface area (Å²) >= 11 is 8.01. The molecule has 1 saturated heterocycles. The minimum atomic E-state index is -0.116. The van der Waals surface area contributed by atoms with Crippen LogP contribution in [0.4, 0.5) is 5.82 Å². The van der Waals surface area contributed by atoms with E-state index in [1.807, 2.05) is 18.2 Å². The highest BCUT2D eigenvalue weighted by atomic mass is 35.5. The Bertz CT molecular complexity index is 1470. The van der Waals surface area contributed by atoms with E-state index in [-0.39, 0.29) is 17.2 Å². The first kappa shape index (κ1) is 24.2. The van der Waals surface area contributed by atoms with Crippen LogP contribution in [-0.2, 0) is 6.42 Å². The fourth-order valence-corrected chi connectivity index (χ4v) is 6.71. The van der Waals surface area contributed by atoms with Gasteiger partial charge in [-0.25, -0.2) is 15.0 Å². The average molecular weight is 532 g/mol. The molecule has 2 aliphatic rings. The highest BCUT2D eigenvalue weighted by molar-refractivity contribution is 7.99. The summed E-state index contributed by atoms with van der Waals surface area (Å²) in [6.07, 6.45) is 7.70. The van der Waals surface area contributed by atoms with E-state index in [1.165, 1.54) is 36.1 Å². The molecular formula is C28H26ClN5O2S. The van der Waals surface area contributed by atoms with Crippen molar-refractivity contribution < 1.29 is 9.21 Å². The van der Waals surface area contributed by atoms with Crippen molar-refractivity contribution in [2.24, 2.45) is 11.1 Å². The Morgan fingerprint density at radius 2 is 1.97 bits per heavy atom. The van der Waals surface area contributed by atoms with Crippen LogP contribution in [0.1, 0.15) is 47.4 Å². The van der Waals surface area contributed by atoms with E-state index in [4.69, 9.17) is 31.7 Å². The fourth-order valence-electron chi connectivity index (χ4n) is 5.58. The van der Waals surface area contributed by atoms with E-state index in [0.717, 1.165) is 37.2 Å². The number of nitrogens with two attached hydrogens (primary N) is 1. The van der Waals surface area contributed by atoms with Crippen molar-refractivity contribution in [3.63, 3.8) is 0 Å². The molecule has 0 amide bonds. The number of piperidine rings is 1. The Balaban J connectivity index is 1.22. The first-order chi connectivity index (χ1) is 17.9. The number of halogens is 1. The van der Waals surface area contributed by atoms with Gasteiger partial charge in [0.05, 0.1) is 23.0 Å². The molecule has 0 unspecified atom stereocenters. The van der Waals surface area contributed by atoms with Gasteiger partial charge in [0, 0.05) is 31.0 Å². The van der Waals surface area contributed by atoms with Crippen molar-refractivity contribution >= 4 is 35.0 Å². The number of carbonyl (C=O) groups is 1. The Kier molecular flexibility index (Phi) is 6.26. The molecule has 1 aliphatic heterocycles. The summed E-state index contributed by atoms with van der Waals surface area (Å²) < 4.78 is 5.41. The molecular weight excluding hydrogens is 506 g/mol. The van der Waals surface area contributed by atoms with E-state index in [0.29, 0.717) is 33.0 Å². The Morgan fingerprint density at radius 1 is 1.16 bits per heavy atom. The second kappa shape index (κ2) is 9.59. The molecule has 37 heavy (non-hydrogen) atoms. The van der Waals surface area contributed by atoms with Crippen LogP contribution >= 0.6 is 23.4 Å². The predicted molar refractivity (Wildman–Crippen MR) is 144 cm³/mol. The van der Waals surface area contributed by atoms with Gasteiger partial charge in [0.15, 0.2) is 11.6 Å². The Morgan fingerprint density at radius 3 is 2.70 bits per heavy atom. The number of aromatic nitrogens is 3. The third-order valence-corrected chi connectivity index (χ3v) is 9.04. The zero-order chi connectivity index (χ0) is 25.6. The zero-order valence-corrected chi connectivity index (χ0v) is 21.9. The number of rotatable bonds is 5. The van der Waals surface area contributed by atoms with Gasteiger partial charge in [0.1, 0.15) is 17.0 Å². The van der Waals surface area contributed by atoms with Gasteiger partial charge < -0.3 is 15.1 Å². The van der Waals surface area contributed by atoms with Gasteiger partial charge in [-0.3, -0.25) is 4.79 Å². The lowest BCUT2D eigenvalue weighted by atomic mass is 9.73. The lowest BCUT2D eigenvalue weighted by Gasteiger charge is -2.42. The topological polar surface area (TPSA) is 98.1 Å². The second-order valence-corrected chi connectivity index (χ2v) is 11.1. The number of oxazole rings is 1. The van der Waals surface area contributed by atoms with Crippen LogP contribution < -0.4 is 10.6 Å². The van der Waals surface area contributed by atoms with Crippen LogP contribution in [-0.4, -0.2) is 33.8 Å². The molecule has 2 N–H and O–H groups in total. The monoisotopic (exact) mass is 531 g/mol. The molecule has 2 aromatic heterocycles. The number of fused-ring (bicyclic) bond motifs is 1. The van der Waals surface area contributed by atoms with Crippen molar-refractivity contribution in [1.29, 1.82) is 0 Å². The largest absolute Gasteiger partial charge is 0.444 e. The van der Waals surface area contributed by atoms with Gasteiger partial charge >= 0.3 is 0 Å². The van der Waals surface area contributed by atoms with Crippen molar-refractivity contribution in [1.82, 2.24) is 15.0 Å². The minimum Gasteiger partial charge on any atom is -0.444 e. The molecule has 1 aliphatic carbocycles. The van der Waals surface area contributed by atoms with E-state index in [1.54, 1.807) is 12.4 Å². The number of anilines is 1. The standard InChI is InChI=1S/C28H26ClN5O2S/c1-17(35)24-26(34-12-9-28(10-13-34)15-18-5-2-3-6-19(18)25(28)30)32-16-22(33-24)37-21-8-4-7-20(23(21)29)27-31-11-14-36-27/h2-8,11,14,16,25H,9-10,12-13,15,30H2,1H3/t25-/m1/s1. The highest BCUT2D eigenvalue weighted by Crippen LogP contribution is 2.51. The highest BCUT2D eigenvalue weighted by Gasteiger charge is 2.46. The van der Waals surface area contributed by atoms with Crippen LogP contribution in [0.5, 0.6) is 0 Å². The molecule has 1 fully saturated rings. The van der Waals surface area contributed by atoms with Gasteiger partial charge in [-0.15, -0.1) is 0 Å². The molecule has 0 saturated carbocycles. The maximum absolute atomic E-state index is 12.6. The van der Waals surface area contributed by atoms with Gasteiger partial charge in [0.2, 0.25) is 5.89 Å². The molecule has 0 radical (unpaired) electrons. The molecule has 1 atom stereocenters. The minimum absolute atomic E-state index is 0.0416. The molecule has 3 heterocycles. The van der Waals surface area contributed by atoms with Gasteiger partial charge in [-0.1, -0.05) is 53.7 Å². The number of hydrogen-bond acceptors (Lipinski definition) is 8. The summed E-state index contributed by atoms with van der Waals surface area (Å²) in [6.45, 7) is 3.10. The van der Waals surface area contributed by atoms with Crippen LogP contribution in [0.15, 0.2) is 75.5 Å². The van der Waals surface area contributed by atoms with Gasteiger partial charge in [-0.2, -0.15) is 0 Å². The summed E-state index contributed by atoms with van der Waals surface area (Å²) in [6, 6.07) is 14.2. The lowest BCUT2D eigenvalue weighted by Crippen LogP contribution is -2.45. The number of ketones is 1. The normalized spacial score (nSPS) is 18.2. The molecule has 4 aromatic rings. The fraction of sp³-hybridized carbons (Fsp3) is 0.286. The van der Waals surface area contributed by atoms with E-state index in [2.05, 4.69) is 34.1 Å². The summed E-state index contributed by atoms with van der Waals surface area (Å²) in [4.78, 5) is 29.2.